The maximum Gasteiger partial charge on any atom is 0.251 e. The zero-order valence-electron chi connectivity index (χ0n) is 13.2. The minimum atomic E-state index is -0.0179. The van der Waals surface area contributed by atoms with Gasteiger partial charge in [-0.25, -0.2) is 0 Å². The van der Waals surface area contributed by atoms with Crippen molar-refractivity contribution in [1.82, 2.24) is 5.32 Å². The highest BCUT2D eigenvalue weighted by Gasteiger charge is 2.19. The largest absolute Gasteiger partial charge is 0.388 e. The molecule has 1 aromatic carbocycles. The molecule has 0 aliphatic heterocycles. The van der Waals surface area contributed by atoms with E-state index in [4.69, 9.17) is 4.74 Å². The molecule has 0 aliphatic carbocycles. The molecule has 0 aliphatic rings. The number of anilines is 1. The molecular formula is C16H26N2O2. The molecule has 1 amide bonds. The summed E-state index contributed by atoms with van der Waals surface area (Å²) in [6.07, 6.45) is 0.918. The number of hydrogen-bond donors (Lipinski definition) is 2. The Hall–Kier alpha value is -1.55. The van der Waals surface area contributed by atoms with Crippen molar-refractivity contribution in [3.05, 3.63) is 29.3 Å². The van der Waals surface area contributed by atoms with E-state index in [9.17, 15) is 4.79 Å². The standard InChI is InChI=1S/C16H26N2O2/c1-12-10-13(17-4)6-7-14(12)15(19)18-11-16(2,3)8-9-20-5/h6-7,10,17H,8-9,11H2,1-5H3,(H,18,19). The monoisotopic (exact) mass is 278 g/mol. The average Bonchev–Trinajstić information content (AvgIpc) is 2.42. The van der Waals surface area contributed by atoms with Crippen molar-refractivity contribution in [3.8, 4) is 0 Å². The van der Waals surface area contributed by atoms with E-state index < -0.39 is 0 Å². The second-order valence-corrected chi connectivity index (χ2v) is 5.87. The topological polar surface area (TPSA) is 50.4 Å². The summed E-state index contributed by atoms with van der Waals surface area (Å²) in [5.74, 6) is -0.0179. The van der Waals surface area contributed by atoms with Crippen LogP contribution in [0.5, 0.6) is 0 Å². The first-order valence-electron chi connectivity index (χ1n) is 6.95. The van der Waals surface area contributed by atoms with Gasteiger partial charge in [0.2, 0.25) is 0 Å². The third kappa shape index (κ3) is 4.85. The minimum absolute atomic E-state index is 0.0179. The molecule has 112 valence electrons. The third-order valence-electron chi connectivity index (χ3n) is 3.47. The summed E-state index contributed by atoms with van der Waals surface area (Å²) in [5.41, 5.74) is 2.75. The van der Waals surface area contributed by atoms with Gasteiger partial charge >= 0.3 is 0 Å². The van der Waals surface area contributed by atoms with Crippen molar-refractivity contribution in [2.45, 2.75) is 27.2 Å². The lowest BCUT2D eigenvalue weighted by molar-refractivity contribution is 0.0920. The smallest absolute Gasteiger partial charge is 0.251 e. The molecule has 4 nitrogen and oxygen atoms in total. The zero-order valence-corrected chi connectivity index (χ0v) is 13.2. The number of benzene rings is 1. The van der Waals surface area contributed by atoms with Gasteiger partial charge in [0, 0.05) is 38.6 Å². The van der Waals surface area contributed by atoms with E-state index >= 15 is 0 Å². The Bertz CT molecular complexity index is 456. The van der Waals surface area contributed by atoms with Crippen molar-refractivity contribution in [3.63, 3.8) is 0 Å². The van der Waals surface area contributed by atoms with Crippen LogP contribution in [0, 0.1) is 12.3 Å². The molecule has 0 heterocycles. The van der Waals surface area contributed by atoms with E-state index in [-0.39, 0.29) is 11.3 Å². The van der Waals surface area contributed by atoms with Gasteiger partial charge in [-0.15, -0.1) is 0 Å². The van der Waals surface area contributed by atoms with E-state index in [1.54, 1.807) is 7.11 Å². The molecule has 0 radical (unpaired) electrons. The van der Waals surface area contributed by atoms with E-state index in [1.807, 2.05) is 32.2 Å². The molecule has 0 spiro atoms. The van der Waals surface area contributed by atoms with Crippen LogP contribution in [0.1, 0.15) is 36.2 Å². The molecule has 4 heteroatoms. The predicted molar refractivity (Wildman–Crippen MR) is 83.3 cm³/mol. The van der Waals surface area contributed by atoms with Gasteiger partial charge < -0.3 is 15.4 Å². The molecule has 0 aromatic heterocycles. The molecule has 0 saturated carbocycles. The molecule has 0 bridgehead atoms. The van der Waals surface area contributed by atoms with E-state index in [2.05, 4.69) is 24.5 Å². The molecule has 20 heavy (non-hydrogen) atoms. The van der Waals surface area contributed by atoms with Crippen LogP contribution in [0.4, 0.5) is 5.69 Å². The quantitative estimate of drug-likeness (QED) is 0.806. The Morgan fingerprint density at radius 2 is 2.05 bits per heavy atom. The van der Waals surface area contributed by atoms with E-state index in [0.717, 1.165) is 23.2 Å². The second-order valence-electron chi connectivity index (χ2n) is 5.87. The van der Waals surface area contributed by atoms with Gasteiger partial charge in [-0.1, -0.05) is 13.8 Å². The summed E-state index contributed by atoms with van der Waals surface area (Å²) in [5, 5.41) is 6.08. The average molecular weight is 278 g/mol. The number of carbonyl (C=O) groups is 1. The van der Waals surface area contributed by atoms with E-state index in [0.29, 0.717) is 13.2 Å². The summed E-state index contributed by atoms with van der Waals surface area (Å²) < 4.78 is 5.09. The Morgan fingerprint density at radius 1 is 1.35 bits per heavy atom. The maximum absolute atomic E-state index is 12.2. The molecule has 0 unspecified atom stereocenters. The summed E-state index contributed by atoms with van der Waals surface area (Å²) in [6.45, 7) is 7.56. The molecule has 0 fully saturated rings. The lowest BCUT2D eigenvalue weighted by Gasteiger charge is -2.24. The highest BCUT2D eigenvalue weighted by Crippen LogP contribution is 2.20. The number of carbonyl (C=O) groups excluding carboxylic acids is 1. The lowest BCUT2D eigenvalue weighted by atomic mass is 9.89. The molecule has 0 atom stereocenters. The zero-order chi connectivity index (χ0) is 15.2. The van der Waals surface area contributed by atoms with Crippen LogP contribution in [0.25, 0.3) is 0 Å². The highest BCUT2D eigenvalue weighted by atomic mass is 16.5. The molecule has 2 N–H and O–H groups in total. The Balaban J connectivity index is 2.63. The molecular weight excluding hydrogens is 252 g/mol. The fourth-order valence-electron chi connectivity index (χ4n) is 1.96. The third-order valence-corrected chi connectivity index (χ3v) is 3.47. The molecule has 1 rings (SSSR count). The second kappa shape index (κ2) is 7.29. The van der Waals surface area contributed by atoms with Crippen molar-refractivity contribution >= 4 is 11.6 Å². The van der Waals surface area contributed by atoms with Crippen LogP contribution in [-0.4, -0.2) is 33.2 Å². The normalized spacial score (nSPS) is 11.2. The number of nitrogens with one attached hydrogen (secondary N) is 2. The molecule has 1 aromatic rings. The SMILES string of the molecule is CNc1ccc(C(=O)NCC(C)(C)CCOC)c(C)c1. The van der Waals surface area contributed by atoms with Crippen LogP contribution in [0.3, 0.4) is 0 Å². The van der Waals surface area contributed by atoms with Crippen LogP contribution < -0.4 is 10.6 Å². The number of aryl methyl sites for hydroxylation is 1. The maximum atomic E-state index is 12.2. The van der Waals surface area contributed by atoms with Gasteiger partial charge in [-0.2, -0.15) is 0 Å². The van der Waals surface area contributed by atoms with Crippen LogP contribution >= 0.6 is 0 Å². The Kier molecular flexibility index (Phi) is 6.02. The predicted octanol–water partition coefficient (Wildman–Crippen LogP) is 2.83. The van der Waals surface area contributed by atoms with Crippen molar-refractivity contribution in [1.29, 1.82) is 0 Å². The van der Waals surface area contributed by atoms with Gasteiger partial charge in [0.15, 0.2) is 0 Å². The van der Waals surface area contributed by atoms with Gasteiger partial charge in [0.05, 0.1) is 0 Å². The fraction of sp³-hybridized carbons (Fsp3) is 0.562. The Morgan fingerprint density at radius 3 is 2.60 bits per heavy atom. The number of methoxy groups -OCH3 is 1. The minimum Gasteiger partial charge on any atom is -0.388 e. The van der Waals surface area contributed by atoms with Gasteiger partial charge in [-0.05, 0) is 42.5 Å². The summed E-state index contributed by atoms with van der Waals surface area (Å²) in [6, 6.07) is 5.75. The number of ether oxygens (including phenoxy) is 1. The fourth-order valence-corrected chi connectivity index (χ4v) is 1.96. The van der Waals surface area contributed by atoms with Gasteiger partial charge in [-0.3, -0.25) is 4.79 Å². The summed E-state index contributed by atoms with van der Waals surface area (Å²) in [7, 11) is 3.56. The van der Waals surface area contributed by atoms with Crippen LogP contribution in [0.15, 0.2) is 18.2 Å². The van der Waals surface area contributed by atoms with Crippen molar-refractivity contribution in [2.75, 3.05) is 32.6 Å². The summed E-state index contributed by atoms with van der Waals surface area (Å²) in [4.78, 5) is 12.2. The lowest BCUT2D eigenvalue weighted by Crippen LogP contribution is -2.35. The first-order chi connectivity index (χ1) is 9.39. The summed E-state index contributed by atoms with van der Waals surface area (Å²) >= 11 is 0. The van der Waals surface area contributed by atoms with Crippen molar-refractivity contribution < 1.29 is 9.53 Å². The van der Waals surface area contributed by atoms with Gasteiger partial charge in [0.25, 0.3) is 5.91 Å². The number of hydrogen-bond acceptors (Lipinski definition) is 3. The van der Waals surface area contributed by atoms with Gasteiger partial charge in [0.1, 0.15) is 0 Å². The van der Waals surface area contributed by atoms with E-state index in [1.165, 1.54) is 0 Å². The molecule has 0 saturated heterocycles. The highest BCUT2D eigenvalue weighted by molar-refractivity contribution is 5.96. The van der Waals surface area contributed by atoms with Crippen LogP contribution in [-0.2, 0) is 4.74 Å². The van der Waals surface area contributed by atoms with Crippen molar-refractivity contribution in [2.24, 2.45) is 5.41 Å². The van der Waals surface area contributed by atoms with Crippen LogP contribution in [0.2, 0.25) is 0 Å². The first kappa shape index (κ1) is 16.5. The number of rotatable bonds is 7. The Labute approximate surface area is 121 Å². The number of amides is 1. The first-order valence-corrected chi connectivity index (χ1v) is 6.95.